The van der Waals surface area contributed by atoms with Gasteiger partial charge in [0.25, 0.3) is 0 Å². The Bertz CT molecular complexity index is 2870. The van der Waals surface area contributed by atoms with Crippen LogP contribution in [-0.2, 0) is 5.41 Å². The zero-order chi connectivity index (χ0) is 35.8. The van der Waals surface area contributed by atoms with Gasteiger partial charge in [-0.3, -0.25) is 10.8 Å². The summed E-state index contributed by atoms with van der Waals surface area (Å²) in [5, 5.41) is 15.9. The van der Waals surface area contributed by atoms with Crippen LogP contribution >= 0.6 is 0 Å². The van der Waals surface area contributed by atoms with Crippen LogP contribution in [0, 0.1) is 5.41 Å². The number of hydrogen-bond donors (Lipinski definition) is 2. The number of para-hydroxylation sites is 1. The van der Waals surface area contributed by atoms with Crippen LogP contribution in [0.4, 0.5) is 5.69 Å². The first-order valence-corrected chi connectivity index (χ1v) is 18.5. The molecular weight excluding hydrogens is 655 g/mol. The van der Waals surface area contributed by atoms with Crippen LogP contribution in [0.25, 0.3) is 61.4 Å². The molecule has 3 nitrogen and oxygen atoms in total. The molecule has 0 heterocycles. The van der Waals surface area contributed by atoms with Crippen molar-refractivity contribution in [3.63, 3.8) is 0 Å². The van der Waals surface area contributed by atoms with E-state index in [9.17, 15) is 0 Å². The fourth-order valence-electron chi connectivity index (χ4n) is 9.21. The second kappa shape index (κ2) is 11.7. The summed E-state index contributed by atoms with van der Waals surface area (Å²) >= 11 is 0. The van der Waals surface area contributed by atoms with E-state index in [2.05, 4.69) is 162 Å². The molecule has 11 rings (SSSR count). The molecule has 0 unspecified atom stereocenters. The van der Waals surface area contributed by atoms with Crippen LogP contribution in [0.3, 0.4) is 0 Å². The summed E-state index contributed by atoms with van der Waals surface area (Å²) in [6, 6.07) is 63.6. The minimum atomic E-state index is -0.366. The van der Waals surface area contributed by atoms with Crippen molar-refractivity contribution in [2.45, 2.75) is 5.41 Å². The number of nitrogens with zero attached hydrogens (tertiary/aromatic N) is 1. The second-order valence-corrected chi connectivity index (χ2v) is 14.4. The van der Waals surface area contributed by atoms with Gasteiger partial charge in [0.15, 0.2) is 0 Å². The monoisotopic (exact) mass is 687 g/mol. The fourth-order valence-corrected chi connectivity index (χ4v) is 9.21. The third kappa shape index (κ3) is 4.36. The second-order valence-electron chi connectivity index (χ2n) is 14.4. The van der Waals surface area contributed by atoms with E-state index in [1.54, 1.807) is 0 Å². The van der Waals surface area contributed by atoms with E-state index >= 15 is 0 Å². The maximum Gasteiger partial charge on any atom is 0.109 e. The summed E-state index contributed by atoms with van der Waals surface area (Å²) < 4.78 is 0. The fraction of sp³-hybridized carbons (Fsp3) is 0.0196. The number of nitrogens with one attached hydrogen (secondary N) is 2. The summed E-state index contributed by atoms with van der Waals surface area (Å²) in [6.45, 7) is 0. The number of hydrogen-bond acceptors (Lipinski definition) is 3. The van der Waals surface area contributed by atoms with Crippen LogP contribution < -0.4 is 5.43 Å². The van der Waals surface area contributed by atoms with Crippen LogP contribution in [0.5, 0.6) is 0 Å². The Morgan fingerprint density at radius 1 is 0.444 bits per heavy atom. The topological polar surface area (TPSA) is 48.2 Å². The zero-order valence-electron chi connectivity index (χ0n) is 29.3. The van der Waals surface area contributed by atoms with Gasteiger partial charge < -0.3 is 0 Å². The molecule has 0 saturated carbocycles. The average Bonchev–Trinajstić information content (AvgIpc) is 3.70. The van der Waals surface area contributed by atoms with Gasteiger partial charge in [0.05, 0.1) is 16.8 Å². The molecule has 0 aliphatic heterocycles. The highest BCUT2D eigenvalue weighted by atomic mass is 15.3. The lowest BCUT2D eigenvalue weighted by Crippen LogP contribution is -2.25. The van der Waals surface area contributed by atoms with Crippen molar-refractivity contribution < 1.29 is 0 Å². The molecule has 3 heteroatoms. The minimum Gasteiger partial charge on any atom is -0.298 e. The van der Waals surface area contributed by atoms with Crippen molar-refractivity contribution in [2.75, 3.05) is 5.43 Å². The average molecular weight is 688 g/mol. The Labute approximate surface area is 314 Å². The van der Waals surface area contributed by atoms with Gasteiger partial charge in [-0.1, -0.05) is 152 Å². The third-order valence-electron chi connectivity index (χ3n) is 11.6. The summed E-state index contributed by atoms with van der Waals surface area (Å²) in [5.74, 6) is 0. The summed E-state index contributed by atoms with van der Waals surface area (Å²) in [4.78, 5) is 0. The van der Waals surface area contributed by atoms with E-state index in [1.807, 2.05) is 36.4 Å². The van der Waals surface area contributed by atoms with Crippen molar-refractivity contribution in [1.29, 1.82) is 5.41 Å². The maximum absolute atomic E-state index is 9.13. The standard InChI is InChI=1S/C51H33N3/c52-50-48(54-53-38-13-2-1-3-14-38)28-25-32-21-22-37-30-35(23-26-39(37)49(32)50)33-11-10-12-34(29-33)36-24-27-43-42-17-6-9-20-46(42)51(47(43)31-36)44-18-7-4-15-40(44)41-16-5-8-19-45(41)51/h1-31,52-53H/b52-50?,54-48-. The zero-order valence-corrected chi connectivity index (χ0v) is 29.3. The van der Waals surface area contributed by atoms with Gasteiger partial charge in [-0.15, -0.1) is 0 Å². The van der Waals surface area contributed by atoms with E-state index < -0.39 is 0 Å². The predicted molar refractivity (Wildman–Crippen MR) is 224 cm³/mol. The summed E-state index contributed by atoms with van der Waals surface area (Å²) in [5.41, 5.74) is 22.0. The molecule has 54 heavy (non-hydrogen) atoms. The highest BCUT2D eigenvalue weighted by Gasteiger charge is 2.51. The van der Waals surface area contributed by atoms with Crippen molar-refractivity contribution in [3.8, 4) is 44.5 Å². The van der Waals surface area contributed by atoms with Gasteiger partial charge >= 0.3 is 0 Å². The molecule has 3 aliphatic rings. The number of benzene rings is 8. The Balaban J connectivity index is 0.990. The lowest BCUT2D eigenvalue weighted by Gasteiger charge is -2.30. The lowest BCUT2D eigenvalue weighted by molar-refractivity contribution is 0.794. The van der Waals surface area contributed by atoms with Gasteiger partial charge in [0.2, 0.25) is 0 Å². The number of fused-ring (bicyclic) bond motifs is 13. The van der Waals surface area contributed by atoms with Gasteiger partial charge in [0.1, 0.15) is 5.71 Å². The molecule has 0 atom stereocenters. The van der Waals surface area contributed by atoms with E-state index in [1.165, 1.54) is 55.6 Å². The molecule has 0 radical (unpaired) electrons. The highest BCUT2D eigenvalue weighted by Crippen LogP contribution is 2.63. The van der Waals surface area contributed by atoms with Crippen LogP contribution in [-0.4, -0.2) is 11.4 Å². The molecule has 3 aliphatic carbocycles. The van der Waals surface area contributed by atoms with Crippen LogP contribution in [0.2, 0.25) is 0 Å². The molecule has 8 aromatic rings. The molecular formula is C51H33N3. The molecule has 252 valence electrons. The first-order chi connectivity index (χ1) is 26.7. The molecule has 0 fully saturated rings. The number of rotatable bonds is 4. The first-order valence-electron chi connectivity index (χ1n) is 18.5. The van der Waals surface area contributed by atoms with E-state index in [0.29, 0.717) is 11.4 Å². The van der Waals surface area contributed by atoms with Crippen molar-refractivity contribution >= 4 is 34.0 Å². The summed E-state index contributed by atoms with van der Waals surface area (Å²) in [7, 11) is 0. The molecule has 0 bridgehead atoms. The molecule has 0 amide bonds. The maximum atomic E-state index is 9.13. The highest BCUT2D eigenvalue weighted by molar-refractivity contribution is 6.55. The smallest absolute Gasteiger partial charge is 0.109 e. The van der Waals surface area contributed by atoms with Crippen LogP contribution in [0.15, 0.2) is 187 Å². The van der Waals surface area contributed by atoms with Crippen LogP contribution in [0.1, 0.15) is 33.4 Å². The number of hydrazone groups is 1. The van der Waals surface area contributed by atoms with Gasteiger partial charge in [-0.25, -0.2) is 0 Å². The minimum absolute atomic E-state index is 0.366. The third-order valence-corrected chi connectivity index (χ3v) is 11.6. The molecule has 2 N–H and O–H groups in total. The van der Waals surface area contributed by atoms with Gasteiger partial charge in [-0.2, -0.15) is 5.10 Å². The van der Waals surface area contributed by atoms with Crippen molar-refractivity contribution in [1.82, 2.24) is 0 Å². The molecule has 0 aromatic heterocycles. The van der Waals surface area contributed by atoms with E-state index in [-0.39, 0.29) is 5.41 Å². The first kappa shape index (κ1) is 30.5. The number of allylic oxidation sites excluding steroid dienone is 1. The summed E-state index contributed by atoms with van der Waals surface area (Å²) in [6.07, 6.45) is 3.97. The van der Waals surface area contributed by atoms with E-state index in [0.717, 1.165) is 38.7 Å². The lowest BCUT2D eigenvalue weighted by atomic mass is 9.70. The SMILES string of the molecule is N=C1/C(=N\Nc2ccccc2)C=Cc2ccc3cc(-c4cccc(-c5ccc6c(c5)C5(c7ccccc7-c7ccccc75)c5ccccc5-6)c4)ccc3c21. The Morgan fingerprint density at radius 2 is 1.02 bits per heavy atom. The normalized spacial score (nSPS) is 14.8. The Kier molecular flexibility index (Phi) is 6.62. The van der Waals surface area contributed by atoms with Gasteiger partial charge in [-0.05, 0) is 120 Å². The van der Waals surface area contributed by atoms with E-state index in [4.69, 9.17) is 5.41 Å². The Morgan fingerprint density at radius 3 is 1.70 bits per heavy atom. The molecule has 1 spiro atoms. The Hall–Kier alpha value is -7.10. The van der Waals surface area contributed by atoms with Crippen molar-refractivity contribution in [2.24, 2.45) is 5.10 Å². The van der Waals surface area contributed by atoms with Crippen molar-refractivity contribution in [3.05, 3.63) is 215 Å². The van der Waals surface area contributed by atoms with Gasteiger partial charge in [0, 0.05) is 5.56 Å². The molecule has 0 saturated heterocycles. The predicted octanol–water partition coefficient (Wildman–Crippen LogP) is 12.4. The quantitative estimate of drug-likeness (QED) is 0.178. The largest absolute Gasteiger partial charge is 0.298 e. The molecule has 8 aromatic carbocycles. The number of anilines is 1.